The fraction of sp³-hybridized carbons (Fsp3) is 0.231. The maximum Gasteiger partial charge on any atom is 0.218 e. The maximum atomic E-state index is 6.17. The van der Waals surface area contributed by atoms with Crippen molar-refractivity contribution in [3.8, 4) is 0 Å². The normalized spacial score (nSPS) is 19.9. The van der Waals surface area contributed by atoms with Gasteiger partial charge < -0.3 is 4.84 Å². The van der Waals surface area contributed by atoms with Crippen LogP contribution in [0.4, 0.5) is 11.4 Å². The fourth-order valence-electron chi connectivity index (χ4n) is 4.66. The van der Waals surface area contributed by atoms with E-state index in [1.165, 1.54) is 16.7 Å². The molecule has 0 unspecified atom stereocenters. The molecule has 2 aliphatic rings. The number of fused-ring (bicyclic) bond motifs is 3. The number of aryl methyl sites for hydroxylation is 3. The van der Waals surface area contributed by atoms with Gasteiger partial charge in [-0.25, -0.2) is 0 Å². The Labute approximate surface area is 177 Å². The predicted octanol–water partition coefficient (Wildman–Crippen LogP) is 6.05. The summed E-state index contributed by atoms with van der Waals surface area (Å²) < 4.78 is 0. The highest BCUT2D eigenvalue weighted by Gasteiger charge is 2.47. The van der Waals surface area contributed by atoms with Crippen LogP contribution in [0.2, 0.25) is 0 Å². The molecule has 150 valence electrons. The van der Waals surface area contributed by atoms with Crippen molar-refractivity contribution in [2.45, 2.75) is 39.8 Å². The molecule has 0 N–H and O–H groups in total. The van der Waals surface area contributed by atoms with Crippen LogP contribution in [-0.2, 0) is 4.84 Å². The Bertz CT molecular complexity index is 1170. The Morgan fingerprint density at radius 2 is 1.57 bits per heavy atom. The number of amidine groups is 1. The molecule has 0 radical (unpaired) electrons. The third kappa shape index (κ3) is 2.91. The van der Waals surface area contributed by atoms with E-state index < -0.39 is 5.72 Å². The van der Waals surface area contributed by atoms with Crippen molar-refractivity contribution >= 4 is 22.9 Å². The Morgan fingerprint density at radius 1 is 0.900 bits per heavy atom. The third-order valence-corrected chi connectivity index (χ3v) is 5.89. The van der Waals surface area contributed by atoms with Crippen molar-refractivity contribution in [1.82, 2.24) is 0 Å². The van der Waals surface area contributed by atoms with Crippen LogP contribution in [-0.4, -0.2) is 17.3 Å². The molecule has 2 aliphatic heterocycles. The lowest BCUT2D eigenvalue weighted by atomic mass is 9.95. The molecule has 0 aromatic heterocycles. The number of rotatable bonds is 2. The van der Waals surface area contributed by atoms with Crippen molar-refractivity contribution in [2.75, 3.05) is 4.90 Å². The molecule has 4 heteroatoms. The summed E-state index contributed by atoms with van der Waals surface area (Å²) in [5.74, 6) is 0.851. The molecule has 0 saturated heterocycles. The van der Waals surface area contributed by atoms with Crippen LogP contribution in [0.25, 0.3) is 0 Å². The smallest absolute Gasteiger partial charge is 0.218 e. The molecule has 1 atom stereocenters. The quantitative estimate of drug-likeness (QED) is 0.529. The van der Waals surface area contributed by atoms with Crippen molar-refractivity contribution in [3.05, 3.63) is 94.5 Å². The van der Waals surface area contributed by atoms with E-state index in [4.69, 9.17) is 9.83 Å². The maximum absolute atomic E-state index is 6.17. The fourth-order valence-corrected chi connectivity index (χ4v) is 4.66. The summed E-state index contributed by atoms with van der Waals surface area (Å²) >= 11 is 0. The zero-order valence-electron chi connectivity index (χ0n) is 17.8. The lowest BCUT2D eigenvalue weighted by Crippen LogP contribution is -2.48. The SMILES string of the molecule is Cc1cc(C)c(C2=NO[C@]3(C)CC(c4ccccc4)=Nc4ccccc4N23)c(C)c1. The molecular weight excluding hydrogens is 370 g/mol. The van der Waals surface area contributed by atoms with Crippen molar-refractivity contribution in [2.24, 2.45) is 10.1 Å². The standard InChI is InChI=1S/C26H25N3O/c1-17-14-18(2)24(19(3)15-17)25-28-30-26(4)16-22(20-10-6-5-7-11-20)27-21-12-8-9-13-23(21)29(25)26/h5-15H,16H2,1-4H3/t26-/m1/s1. The summed E-state index contributed by atoms with van der Waals surface area (Å²) in [6.45, 7) is 8.51. The van der Waals surface area contributed by atoms with Crippen molar-refractivity contribution < 1.29 is 4.84 Å². The summed E-state index contributed by atoms with van der Waals surface area (Å²) in [6, 6.07) is 23.0. The second kappa shape index (κ2) is 6.84. The van der Waals surface area contributed by atoms with Gasteiger partial charge in [0.1, 0.15) is 0 Å². The van der Waals surface area contributed by atoms with Gasteiger partial charge in [-0.15, -0.1) is 0 Å². The zero-order valence-corrected chi connectivity index (χ0v) is 17.8. The minimum Gasteiger partial charge on any atom is -0.365 e. The van der Waals surface area contributed by atoms with E-state index in [1.54, 1.807) is 0 Å². The molecule has 0 fully saturated rings. The van der Waals surface area contributed by atoms with Gasteiger partial charge >= 0.3 is 0 Å². The summed E-state index contributed by atoms with van der Waals surface area (Å²) in [6.07, 6.45) is 0.628. The topological polar surface area (TPSA) is 37.2 Å². The lowest BCUT2D eigenvalue weighted by Gasteiger charge is -2.34. The minimum absolute atomic E-state index is 0.628. The van der Waals surface area contributed by atoms with Crippen LogP contribution >= 0.6 is 0 Å². The zero-order chi connectivity index (χ0) is 20.9. The van der Waals surface area contributed by atoms with Gasteiger partial charge in [0.15, 0.2) is 5.84 Å². The molecule has 4 nitrogen and oxygen atoms in total. The first-order valence-corrected chi connectivity index (χ1v) is 10.3. The molecule has 5 rings (SSSR count). The molecule has 3 aromatic rings. The summed E-state index contributed by atoms with van der Waals surface area (Å²) in [5, 5.41) is 4.63. The minimum atomic E-state index is -0.652. The van der Waals surface area contributed by atoms with Crippen LogP contribution < -0.4 is 4.90 Å². The number of para-hydroxylation sites is 2. The highest BCUT2D eigenvalue weighted by atomic mass is 16.7. The van der Waals surface area contributed by atoms with Crippen LogP contribution in [0.15, 0.2) is 76.9 Å². The number of anilines is 1. The van der Waals surface area contributed by atoms with E-state index in [0.29, 0.717) is 6.42 Å². The molecule has 0 spiro atoms. The van der Waals surface area contributed by atoms with Crippen LogP contribution in [0, 0.1) is 20.8 Å². The van der Waals surface area contributed by atoms with Crippen LogP contribution in [0.5, 0.6) is 0 Å². The van der Waals surface area contributed by atoms with Gasteiger partial charge in [0.25, 0.3) is 0 Å². The molecule has 0 bridgehead atoms. The predicted molar refractivity (Wildman–Crippen MR) is 123 cm³/mol. The van der Waals surface area contributed by atoms with Gasteiger partial charge in [-0.2, -0.15) is 0 Å². The van der Waals surface area contributed by atoms with Gasteiger partial charge in [0.2, 0.25) is 5.72 Å². The first-order valence-electron chi connectivity index (χ1n) is 10.3. The Balaban J connectivity index is 1.68. The molecule has 0 amide bonds. The molecular formula is C26H25N3O. The number of nitrogens with zero attached hydrogens (tertiary/aromatic N) is 3. The van der Waals surface area contributed by atoms with Gasteiger partial charge in [-0.3, -0.25) is 9.89 Å². The van der Waals surface area contributed by atoms with Gasteiger partial charge in [-0.1, -0.05) is 65.3 Å². The molecule has 0 saturated carbocycles. The summed E-state index contributed by atoms with van der Waals surface area (Å²) in [5.41, 5.74) is 8.18. The number of aliphatic imine (C=N–C) groups is 1. The number of oxime groups is 1. The van der Waals surface area contributed by atoms with E-state index in [9.17, 15) is 0 Å². The average Bonchev–Trinajstić information content (AvgIpc) is 2.97. The van der Waals surface area contributed by atoms with E-state index in [-0.39, 0.29) is 0 Å². The summed E-state index contributed by atoms with van der Waals surface area (Å²) in [4.78, 5) is 13.5. The highest BCUT2D eigenvalue weighted by molar-refractivity contribution is 6.16. The molecule has 30 heavy (non-hydrogen) atoms. The molecule has 3 aromatic carbocycles. The largest absolute Gasteiger partial charge is 0.365 e. The lowest BCUT2D eigenvalue weighted by molar-refractivity contribution is 0.00470. The number of hydrogen-bond donors (Lipinski definition) is 0. The van der Waals surface area contributed by atoms with Gasteiger partial charge in [-0.05, 0) is 56.5 Å². The first kappa shape index (κ1) is 18.6. The van der Waals surface area contributed by atoms with E-state index in [1.807, 2.05) is 30.3 Å². The monoisotopic (exact) mass is 395 g/mol. The van der Waals surface area contributed by atoms with E-state index in [2.05, 4.69) is 74.1 Å². The number of hydrogen-bond acceptors (Lipinski definition) is 4. The highest BCUT2D eigenvalue weighted by Crippen LogP contribution is 2.44. The van der Waals surface area contributed by atoms with Crippen molar-refractivity contribution in [1.29, 1.82) is 0 Å². The van der Waals surface area contributed by atoms with Crippen LogP contribution in [0.1, 0.15) is 41.2 Å². The second-order valence-corrected chi connectivity index (χ2v) is 8.38. The first-order chi connectivity index (χ1) is 14.5. The third-order valence-electron chi connectivity index (χ3n) is 5.89. The van der Waals surface area contributed by atoms with E-state index in [0.717, 1.165) is 34.0 Å². The molecule has 2 heterocycles. The second-order valence-electron chi connectivity index (χ2n) is 8.38. The van der Waals surface area contributed by atoms with Crippen LogP contribution in [0.3, 0.4) is 0 Å². The van der Waals surface area contributed by atoms with Gasteiger partial charge in [0, 0.05) is 5.56 Å². The van der Waals surface area contributed by atoms with Crippen molar-refractivity contribution in [3.63, 3.8) is 0 Å². The Morgan fingerprint density at radius 3 is 2.30 bits per heavy atom. The Hall–Kier alpha value is -3.40. The molecule has 0 aliphatic carbocycles. The number of benzene rings is 3. The average molecular weight is 396 g/mol. The Kier molecular flexibility index (Phi) is 4.24. The van der Waals surface area contributed by atoms with Gasteiger partial charge in [0.05, 0.1) is 23.5 Å². The summed E-state index contributed by atoms with van der Waals surface area (Å²) in [7, 11) is 0. The van der Waals surface area contributed by atoms with E-state index >= 15 is 0 Å².